The molecule has 20 heavy (non-hydrogen) atoms. The van der Waals surface area contributed by atoms with Gasteiger partial charge in [0.1, 0.15) is 0 Å². The first-order chi connectivity index (χ1) is 8.70. The van der Waals surface area contributed by atoms with Gasteiger partial charge in [-0.15, -0.1) is 0 Å². The van der Waals surface area contributed by atoms with Gasteiger partial charge in [0, 0.05) is 10.3 Å². The summed E-state index contributed by atoms with van der Waals surface area (Å²) in [5.74, 6) is -18.7. The first kappa shape index (κ1) is 20.1. The third-order valence-corrected chi connectivity index (χ3v) is 3.62. The molecule has 0 aliphatic rings. The van der Waals surface area contributed by atoms with E-state index in [2.05, 4.69) is 0 Å². The van der Waals surface area contributed by atoms with Gasteiger partial charge >= 0.3 is 23.9 Å². The van der Waals surface area contributed by atoms with Crippen LogP contribution < -0.4 is 0 Å². The van der Waals surface area contributed by atoms with Crippen LogP contribution in [0, 0.1) is 0 Å². The molecule has 0 aliphatic carbocycles. The zero-order chi connectivity index (χ0) is 16.4. The molecule has 0 N–H and O–H groups in total. The van der Waals surface area contributed by atoms with E-state index >= 15 is 0 Å². The molecular weight excluding hydrogens is 418 g/mol. The Labute approximate surface area is 123 Å². The maximum Gasteiger partial charge on any atom is 0.460 e. The van der Waals surface area contributed by atoms with Crippen molar-refractivity contribution in [1.82, 2.24) is 0 Å². The van der Waals surface area contributed by atoms with E-state index in [4.69, 9.17) is 0 Å². The molecule has 0 saturated carbocycles. The molecule has 0 rings (SSSR count). The van der Waals surface area contributed by atoms with Crippen molar-refractivity contribution in [3.05, 3.63) is 0 Å². The van der Waals surface area contributed by atoms with Crippen molar-refractivity contribution in [1.29, 1.82) is 0 Å². The number of hydrogen-bond acceptors (Lipinski definition) is 0. The number of halogens is 10. The maximum atomic E-state index is 13.2. The van der Waals surface area contributed by atoms with Gasteiger partial charge in [-0.2, -0.15) is 39.5 Å². The minimum absolute atomic E-state index is 0.0281. The van der Waals surface area contributed by atoms with E-state index < -0.39 is 34.3 Å². The van der Waals surface area contributed by atoms with Crippen molar-refractivity contribution in [2.24, 2.45) is 0 Å². The van der Waals surface area contributed by atoms with E-state index in [1.54, 1.807) is 6.92 Å². The largest absolute Gasteiger partial charge is 0.460 e. The molecule has 0 aromatic heterocycles. The molecule has 10 heteroatoms. The molecule has 0 unspecified atom stereocenters. The molecule has 0 radical (unpaired) electrons. The standard InChI is InChI=1S/C10H12F9I/c1-2-3-4-6(20)5-7(11,12)8(13,14)9(15,16)10(17,18)19/h6H,2-5H2,1H3/t6-/m1/s1. The van der Waals surface area contributed by atoms with E-state index in [1.807, 2.05) is 0 Å². The number of unbranched alkanes of at least 4 members (excludes halogenated alkanes) is 1. The summed E-state index contributed by atoms with van der Waals surface area (Å²) in [5.41, 5.74) is 0. The van der Waals surface area contributed by atoms with E-state index in [0.717, 1.165) is 0 Å². The van der Waals surface area contributed by atoms with Crippen LogP contribution in [0.4, 0.5) is 39.5 Å². The lowest BCUT2D eigenvalue weighted by Gasteiger charge is -2.34. The molecule has 0 heterocycles. The van der Waals surface area contributed by atoms with Gasteiger partial charge in [-0.25, -0.2) is 0 Å². The van der Waals surface area contributed by atoms with Crippen LogP contribution >= 0.6 is 22.6 Å². The third-order valence-electron chi connectivity index (χ3n) is 2.56. The summed E-state index contributed by atoms with van der Waals surface area (Å²) < 4.78 is 112. The Balaban J connectivity index is 5.16. The second-order valence-corrected chi connectivity index (χ2v) is 6.06. The smallest absolute Gasteiger partial charge is 0.200 e. The van der Waals surface area contributed by atoms with Crippen molar-refractivity contribution >= 4 is 22.6 Å². The second-order valence-electron chi connectivity index (χ2n) is 4.29. The van der Waals surface area contributed by atoms with Gasteiger partial charge < -0.3 is 0 Å². The van der Waals surface area contributed by atoms with Crippen LogP contribution in [0.15, 0.2) is 0 Å². The van der Waals surface area contributed by atoms with Crippen molar-refractivity contribution < 1.29 is 39.5 Å². The van der Waals surface area contributed by atoms with Crippen molar-refractivity contribution in [3.8, 4) is 0 Å². The minimum atomic E-state index is -6.79. The van der Waals surface area contributed by atoms with E-state index in [1.165, 1.54) is 22.6 Å². The van der Waals surface area contributed by atoms with Crippen molar-refractivity contribution in [2.75, 3.05) is 0 Å². The van der Waals surface area contributed by atoms with Crippen LogP contribution in [0.5, 0.6) is 0 Å². The zero-order valence-electron chi connectivity index (χ0n) is 10.2. The molecule has 0 aromatic carbocycles. The first-order valence-electron chi connectivity index (χ1n) is 5.55. The Morgan fingerprint density at radius 3 is 1.65 bits per heavy atom. The summed E-state index contributed by atoms with van der Waals surface area (Å²) in [4.78, 5) is 0. The number of hydrogen-bond donors (Lipinski definition) is 0. The lowest BCUT2D eigenvalue weighted by atomic mass is 9.98. The highest BCUT2D eigenvalue weighted by atomic mass is 127. The fourth-order valence-electron chi connectivity index (χ4n) is 1.34. The minimum Gasteiger partial charge on any atom is -0.200 e. The predicted molar refractivity (Wildman–Crippen MR) is 62.8 cm³/mol. The maximum absolute atomic E-state index is 13.2. The number of alkyl halides is 10. The van der Waals surface area contributed by atoms with Crippen LogP contribution in [0.3, 0.4) is 0 Å². The highest BCUT2D eigenvalue weighted by Gasteiger charge is 2.81. The van der Waals surface area contributed by atoms with E-state index in [-0.39, 0.29) is 6.42 Å². The van der Waals surface area contributed by atoms with Crippen molar-refractivity contribution in [3.63, 3.8) is 0 Å². The van der Waals surface area contributed by atoms with Gasteiger partial charge in [0.05, 0.1) is 0 Å². The topological polar surface area (TPSA) is 0 Å². The Bertz CT molecular complexity index is 310. The summed E-state index contributed by atoms with van der Waals surface area (Å²) in [7, 11) is 0. The molecule has 0 amide bonds. The van der Waals surface area contributed by atoms with Crippen LogP contribution in [-0.4, -0.2) is 27.9 Å². The molecule has 0 bridgehead atoms. The molecule has 0 spiro atoms. The molecule has 1 atom stereocenters. The van der Waals surface area contributed by atoms with Crippen LogP contribution in [0.2, 0.25) is 0 Å². The van der Waals surface area contributed by atoms with Gasteiger partial charge in [0.2, 0.25) is 0 Å². The molecular formula is C10H12F9I. The van der Waals surface area contributed by atoms with Crippen LogP contribution in [0.1, 0.15) is 32.6 Å². The SMILES string of the molecule is CCCC[C@@H](I)CC(F)(F)C(F)(F)C(F)(F)C(F)(F)F. The Hall–Kier alpha value is 0.1000. The predicted octanol–water partition coefficient (Wildman–Crippen LogP) is 5.84. The molecule has 0 fully saturated rings. The van der Waals surface area contributed by atoms with Crippen molar-refractivity contribution in [2.45, 2.75) is 60.5 Å². The van der Waals surface area contributed by atoms with Crippen LogP contribution in [0.25, 0.3) is 0 Å². The second kappa shape index (κ2) is 6.47. The third kappa shape index (κ3) is 4.06. The summed E-state index contributed by atoms with van der Waals surface area (Å²) in [6.45, 7) is 1.69. The average Bonchev–Trinajstić information content (AvgIpc) is 2.23. The average molecular weight is 430 g/mol. The fraction of sp³-hybridized carbons (Fsp3) is 1.00. The van der Waals surface area contributed by atoms with Gasteiger partial charge in [0.15, 0.2) is 0 Å². The fourth-order valence-corrected chi connectivity index (χ4v) is 2.34. The Morgan fingerprint density at radius 2 is 1.30 bits per heavy atom. The van der Waals surface area contributed by atoms with E-state index in [9.17, 15) is 39.5 Å². The molecule has 122 valence electrons. The van der Waals surface area contributed by atoms with Crippen LogP contribution in [-0.2, 0) is 0 Å². The van der Waals surface area contributed by atoms with Gasteiger partial charge in [0.25, 0.3) is 0 Å². The van der Waals surface area contributed by atoms with Gasteiger partial charge in [-0.1, -0.05) is 42.4 Å². The van der Waals surface area contributed by atoms with Gasteiger partial charge in [-0.3, -0.25) is 0 Å². The highest BCUT2D eigenvalue weighted by Crippen LogP contribution is 2.54. The monoisotopic (exact) mass is 430 g/mol. The molecule has 0 aliphatic heterocycles. The van der Waals surface area contributed by atoms with Gasteiger partial charge in [-0.05, 0) is 6.42 Å². The molecule has 0 nitrogen and oxygen atoms in total. The Morgan fingerprint density at radius 1 is 0.850 bits per heavy atom. The Kier molecular flexibility index (Phi) is 6.50. The summed E-state index contributed by atoms with van der Waals surface area (Å²) in [5, 5.41) is 0. The lowest BCUT2D eigenvalue weighted by molar-refractivity contribution is -0.396. The summed E-state index contributed by atoms with van der Waals surface area (Å²) in [6, 6.07) is 0. The van der Waals surface area contributed by atoms with E-state index in [0.29, 0.717) is 12.8 Å². The summed E-state index contributed by atoms with van der Waals surface area (Å²) in [6.07, 6.45) is -7.53. The zero-order valence-corrected chi connectivity index (χ0v) is 12.3. The highest BCUT2D eigenvalue weighted by molar-refractivity contribution is 14.1. The summed E-state index contributed by atoms with van der Waals surface area (Å²) >= 11 is 1.34. The molecule has 0 saturated heterocycles. The first-order valence-corrected chi connectivity index (χ1v) is 6.79. The normalized spacial score (nSPS) is 16.4. The lowest BCUT2D eigenvalue weighted by Crippen LogP contribution is -2.61. The molecule has 0 aromatic rings. The number of rotatable bonds is 7. The quantitative estimate of drug-likeness (QED) is 0.271.